The second-order valence-electron chi connectivity index (χ2n) is 8.82. The van der Waals surface area contributed by atoms with Gasteiger partial charge in [0.15, 0.2) is 12.4 Å². The quantitative estimate of drug-likeness (QED) is 0.109. The minimum Gasteiger partial charge on any atom is -0.497 e. The topological polar surface area (TPSA) is 264 Å². The number of carbonyl (C=O) groups is 3. The molecule has 0 unspecified atom stereocenters. The summed E-state index contributed by atoms with van der Waals surface area (Å²) >= 11 is 0. The van der Waals surface area contributed by atoms with Crippen LogP contribution < -0.4 is 27.7 Å². The minimum absolute atomic E-state index is 0.0129. The summed E-state index contributed by atoms with van der Waals surface area (Å²) in [5.41, 5.74) is 21.6. The smallest absolute Gasteiger partial charge is 0.320 e. The van der Waals surface area contributed by atoms with Gasteiger partial charge in [0.25, 0.3) is 0 Å². The lowest BCUT2D eigenvalue weighted by molar-refractivity contribution is -0.139. The van der Waals surface area contributed by atoms with E-state index in [0.29, 0.717) is 38.1 Å². The van der Waals surface area contributed by atoms with E-state index in [4.69, 9.17) is 47.4 Å². The maximum Gasteiger partial charge on any atom is 0.320 e. The van der Waals surface area contributed by atoms with Crippen molar-refractivity contribution in [1.82, 2.24) is 4.98 Å². The molecular formula is C26H44N6O8. The van der Waals surface area contributed by atoms with E-state index in [1.165, 1.54) is 6.39 Å². The molecule has 0 fully saturated rings. The monoisotopic (exact) mass is 568 g/mol. The van der Waals surface area contributed by atoms with Gasteiger partial charge < -0.3 is 47.4 Å². The van der Waals surface area contributed by atoms with Gasteiger partial charge in [-0.2, -0.15) is 0 Å². The largest absolute Gasteiger partial charge is 0.497 e. The first-order valence-electron chi connectivity index (χ1n) is 12.4. The molecule has 2 atom stereocenters. The molecule has 0 radical (unpaired) electrons. The first-order valence-corrected chi connectivity index (χ1v) is 12.4. The number of hydrogen-bond donors (Lipinski definition) is 7. The molecule has 0 spiro atoms. The average molecular weight is 569 g/mol. The van der Waals surface area contributed by atoms with Gasteiger partial charge in [-0.05, 0) is 56.2 Å². The summed E-state index contributed by atoms with van der Waals surface area (Å²) < 4.78 is 9.70. The standard InChI is InChI=1S/C10H12O3.C6H14N4O2.C6H13NO2.C4H5NO/c1-13-9-5-2-8(3-6-9)4-7-10(11)12;7-4(5(11)12)2-1-3-10-6(8)9;1-4(2)3-5(7)6(8)9;1-4-2-5-3-6-4/h2-3,5-6H,4,7H2,1H3,(H,11,12);4H,1-3,7H2,(H,11,12)(H4,8,9,10);4-5H,3,7H2,1-2H3,(H,8,9);2-3H,1H3/t;4-;5-;/m.00./s1. The van der Waals surface area contributed by atoms with E-state index in [-0.39, 0.29) is 12.4 Å². The highest BCUT2D eigenvalue weighted by Gasteiger charge is 2.12. The maximum atomic E-state index is 10.3. The van der Waals surface area contributed by atoms with Crippen LogP contribution in [0, 0.1) is 12.8 Å². The van der Waals surface area contributed by atoms with Crippen LogP contribution in [-0.2, 0) is 20.8 Å². The zero-order valence-electron chi connectivity index (χ0n) is 23.5. The minimum atomic E-state index is -1.00. The number of carboxylic acids is 3. The first-order chi connectivity index (χ1) is 18.7. The molecule has 11 N–H and O–H groups in total. The molecular weight excluding hydrogens is 524 g/mol. The van der Waals surface area contributed by atoms with Crippen LogP contribution in [0.3, 0.4) is 0 Å². The van der Waals surface area contributed by atoms with Crippen LogP contribution in [0.15, 0.2) is 46.3 Å². The Kier molecular flexibility index (Phi) is 21.6. The molecule has 40 heavy (non-hydrogen) atoms. The Bertz CT molecular complexity index is 978. The molecule has 2 aromatic rings. The zero-order chi connectivity index (χ0) is 31.1. The van der Waals surface area contributed by atoms with Crippen molar-refractivity contribution in [3.63, 3.8) is 0 Å². The summed E-state index contributed by atoms with van der Waals surface area (Å²) in [5, 5.41) is 25.1. The number of aryl methyl sites for hydroxylation is 2. The highest BCUT2D eigenvalue weighted by molar-refractivity contribution is 5.75. The normalized spacial score (nSPS) is 11.2. The molecule has 0 saturated carbocycles. The van der Waals surface area contributed by atoms with Crippen LogP contribution >= 0.6 is 0 Å². The van der Waals surface area contributed by atoms with Crippen molar-refractivity contribution < 1.29 is 38.9 Å². The average Bonchev–Trinajstić information content (AvgIpc) is 3.37. The Morgan fingerprint density at radius 3 is 1.93 bits per heavy atom. The third-order valence-corrected chi connectivity index (χ3v) is 4.67. The number of hydrogen-bond acceptors (Lipinski definition) is 9. The van der Waals surface area contributed by atoms with Gasteiger partial charge in [0.05, 0.1) is 13.3 Å². The highest BCUT2D eigenvalue weighted by atomic mass is 16.5. The number of rotatable bonds is 12. The van der Waals surface area contributed by atoms with Gasteiger partial charge in [-0.3, -0.25) is 19.4 Å². The van der Waals surface area contributed by atoms with Gasteiger partial charge in [-0.25, -0.2) is 4.98 Å². The van der Waals surface area contributed by atoms with Crippen LogP contribution in [0.2, 0.25) is 0 Å². The lowest BCUT2D eigenvalue weighted by Gasteiger charge is -2.07. The highest BCUT2D eigenvalue weighted by Crippen LogP contribution is 2.12. The van der Waals surface area contributed by atoms with E-state index in [1.54, 1.807) is 13.3 Å². The number of nitrogens with zero attached hydrogens (tertiary/aromatic N) is 2. The summed E-state index contributed by atoms with van der Waals surface area (Å²) in [6, 6.07) is 5.90. The zero-order valence-corrected chi connectivity index (χ0v) is 23.5. The fourth-order valence-corrected chi connectivity index (χ4v) is 2.57. The van der Waals surface area contributed by atoms with Crippen LogP contribution in [0.25, 0.3) is 0 Å². The molecule has 2 rings (SSSR count). The molecule has 1 aromatic heterocycles. The number of oxazole rings is 1. The van der Waals surface area contributed by atoms with Crippen molar-refractivity contribution in [1.29, 1.82) is 0 Å². The molecule has 14 heteroatoms. The number of guanidine groups is 1. The summed E-state index contributed by atoms with van der Waals surface area (Å²) in [5.74, 6) is -0.664. The molecule has 0 bridgehead atoms. The van der Waals surface area contributed by atoms with Crippen LogP contribution in [0.1, 0.15) is 50.9 Å². The van der Waals surface area contributed by atoms with Crippen LogP contribution in [0.4, 0.5) is 0 Å². The van der Waals surface area contributed by atoms with Crippen LogP contribution in [0.5, 0.6) is 5.75 Å². The Morgan fingerprint density at radius 1 is 1.02 bits per heavy atom. The number of ether oxygens (including phenoxy) is 1. The molecule has 1 heterocycles. The van der Waals surface area contributed by atoms with E-state index < -0.39 is 30.0 Å². The lowest BCUT2D eigenvalue weighted by Crippen LogP contribution is -2.31. The van der Waals surface area contributed by atoms with Crippen LogP contribution in [-0.4, -0.2) is 69.9 Å². The van der Waals surface area contributed by atoms with Crippen molar-refractivity contribution >= 4 is 23.9 Å². The predicted octanol–water partition coefficient (Wildman–Crippen LogP) is 1.59. The van der Waals surface area contributed by atoms with E-state index in [1.807, 2.05) is 45.0 Å². The second kappa shape index (κ2) is 22.8. The van der Waals surface area contributed by atoms with Gasteiger partial charge in [0, 0.05) is 13.0 Å². The Labute approximate surface area is 234 Å². The van der Waals surface area contributed by atoms with Gasteiger partial charge in [-0.1, -0.05) is 26.0 Å². The fourth-order valence-electron chi connectivity index (χ4n) is 2.57. The van der Waals surface area contributed by atoms with Crippen molar-refractivity contribution in [2.45, 2.75) is 65.0 Å². The molecule has 226 valence electrons. The van der Waals surface area contributed by atoms with Gasteiger partial charge >= 0.3 is 17.9 Å². The molecule has 1 aromatic carbocycles. The number of aliphatic imine (C=N–C) groups is 1. The van der Waals surface area contributed by atoms with E-state index in [0.717, 1.165) is 17.1 Å². The van der Waals surface area contributed by atoms with E-state index in [2.05, 4.69) is 9.98 Å². The number of carboxylic acid groups (broad SMARTS) is 3. The Balaban J connectivity index is 0. The summed E-state index contributed by atoms with van der Waals surface area (Å²) in [4.78, 5) is 37.9. The lowest BCUT2D eigenvalue weighted by atomic mass is 10.1. The molecule has 0 amide bonds. The molecule has 0 aliphatic carbocycles. The van der Waals surface area contributed by atoms with E-state index in [9.17, 15) is 14.4 Å². The van der Waals surface area contributed by atoms with Gasteiger partial charge in [-0.15, -0.1) is 0 Å². The van der Waals surface area contributed by atoms with Crippen molar-refractivity contribution in [2.24, 2.45) is 33.8 Å². The number of aliphatic carboxylic acids is 3. The molecule has 0 aliphatic rings. The third kappa shape index (κ3) is 24.2. The van der Waals surface area contributed by atoms with E-state index >= 15 is 0 Å². The number of aromatic nitrogens is 1. The van der Waals surface area contributed by atoms with Crippen molar-refractivity contribution in [3.8, 4) is 5.75 Å². The molecule has 0 aliphatic heterocycles. The van der Waals surface area contributed by atoms with Crippen molar-refractivity contribution in [3.05, 3.63) is 48.2 Å². The Hall–Kier alpha value is -4.17. The number of nitrogens with two attached hydrogens (primary N) is 4. The molecule has 14 nitrogen and oxygen atoms in total. The summed E-state index contributed by atoms with van der Waals surface area (Å²) in [7, 11) is 1.60. The number of methoxy groups -OCH3 is 1. The summed E-state index contributed by atoms with van der Waals surface area (Å²) in [6.45, 7) is 6.17. The third-order valence-electron chi connectivity index (χ3n) is 4.67. The fraction of sp³-hybridized carbons (Fsp3) is 0.500. The molecule has 0 saturated heterocycles. The second-order valence-corrected chi connectivity index (χ2v) is 8.82. The SMILES string of the molecule is CC(C)C[C@H](N)C(=O)O.COc1ccc(CCC(=O)O)cc1.Cc1cnco1.NC(N)=NCCC[C@H](N)C(=O)O. The Morgan fingerprint density at radius 2 is 1.60 bits per heavy atom. The first kappa shape index (κ1) is 38.0. The van der Waals surface area contributed by atoms with Gasteiger partial charge in [0.2, 0.25) is 0 Å². The predicted molar refractivity (Wildman–Crippen MR) is 151 cm³/mol. The summed E-state index contributed by atoms with van der Waals surface area (Å²) in [6.07, 6.45) is 5.33. The van der Waals surface area contributed by atoms with Crippen molar-refractivity contribution in [2.75, 3.05) is 13.7 Å². The number of benzene rings is 1. The van der Waals surface area contributed by atoms with Gasteiger partial charge in [0.1, 0.15) is 23.6 Å². The maximum absolute atomic E-state index is 10.3.